The first-order chi connectivity index (χ1) is 7.26. The minimum absolute atomic E-state index is 0.673. The summed E-state index contributed by atoms with van der Waals surface area (Å²) in [5.74, 6) is 6.81. The van der Waals surface area contributed by atoms with Crippen molar-refractivity contribution >= 4 is 16.7 Å². The first-order valence-electron chi connectivity index (χ1n) is 4.67. The fourth-order valence-corrected chi connectivity index (χ4v) is 1.59. The van der Waals surface area contributed by atoms with E-state index in [2.05, 4.69) is 10.4 Å². The molecule has 4 heteroatoms. The highest BCUT2D eigenvalue weighted by Crippen LogP contribution is 2.26. The van der Waals surface area contributed by atoms with Crippen LogP contribution in [0.4, 0.5) is 5.82 Å². The lowest BCUT2D eigenvalue weighted by Gasteiger charge is -2.08. The molecule has 2 aromatic rings. The van der Waals surface area contributed by atoms with Gasteiger partial charge in [-0.2, -0.15) is 0 Å². The summed E-state index contributed by atoms with van der Waals surface area (Å²) >= 11 is 0. The summed E-state index contributed by atoms with van der Waals surface area (Å²) in [6.45, 7) is 1.96. The molecule has 0 spiro atoms. The number of benzene rings is 1. The number of rotatable bonds is 2. The number of nitrogens with one attached hydrogen (secondary N) is 1. The predicted octanol–water partition coefficient (Wildman–Crippen LogP) is 1.84. The highest BCUT2D eigenvalue weighted by atomic mass is 16.5. The quantitative estimate of drug-likeness (QED) is 0.577. The third-order valence-electron chi connectivity index (χ3n) is 2.36. The first kappa shape index (κ1) is 9.73. The van der Waals surface area contributed by atoms with E-state index in [4.69, 9.17) is 10.6 Å². The number of anilines is 1. The zero-order valence-electron chi connectivity index (χ0n) is 8.74. The number of fused-ring (bicyclic) bond motifs is 1. The van der Waals surface area contributed by atoms with Crippen LogP contribution in [0.5, 0.6) is 5.75 Å². The van der Waals surface area contributed by atoms with E-state index in [-0.39, 0.29) is 0 Å². The molecule has 15 heavy (non-hydrogen) atoms. The minimum Gasteiger partial charge on any atom is -0.494 e. The molecule has 0 unspecified atom stereocenters. The molecule has 1 heterocycles. The van der Waals surface area contributed by atoms with E-state index in [9.17, 15) is 0 Å². The normalized spacial score (nSPS) is 10.3. The number of hydrogen-bond acceptors (Lipinski definition) is 4. The van der Waals surface area contributed by atoms with Crippen molar-refractivity contribution in [1.29, 1.82) is 0 Å². The molecular weight excluding hydrogens is 190 g/mol. The van der Waals surface area contributed by atoms with Gasteiger partial charge in [0.15, 0.2) is 0 Å². The van der Waals surface area contributed by atoms with E-state index in [1.807, 2.05) is 31.2 Å². The number of para-hydroxylation sites is 1. The first-order valence-corrected chi connectivity index (χ1v) is 4.67. The maximum absolute atomic E-state index is 5.38. The van der Waals surface area contributed by atoms with Crippen LogP contribution < -0.4 is 16.0 Å². The molecule has 2 rings (SSSR count). The standard InChI is InChI=1S/C11H13N3O/c1-7-6-8-4-3-5-9(15-2)10(8)13-11(7)14-12/h3-6H,12H2,1-2H3,(H,13,14). The van der Waals surface area contributed by atoms with Gasteiger partial charge >= 0.3 is 0 Å². The van der Waals surface area contributed by atoms with Crippen molar-refractivity contribution in [1.82, 2.24) is 4.98 Å². The Labute approximate surface area is 88.0 Å². The molecule has 4 nitrogen and oxygen atoms in total. The largest absolute Gasteiger partial charge is 0.494 e. The summed E-state index contributed by atoms with van der Waals surface area (Å²) < 4.78 is 5.24. The van der Waals surface area contributed by atoms with Gasteiger partial charge in [-0.25, -0.2) is 10.8 Å². The van der Waals surface area contributed by atoms with Gasteiger partial charge in [-0.1, -0.05) is 12.1 Å². The van der Waals surface area contributed by atoms with Crippen molar-refractivity contribution in [2.75, 3.05) is 12.5 Å². The van der Waals surface area contributed by atoms with Gasteiger partial charge in [0.25, 0.3) is 0 Å². The van der Waals surface area contributed by atoms with Crippen LogP contribution in [0.1, 0.15) is 5.56 Å². The number of ether oxygens (including phenoxy) is 1. The molecule has 1 aromatic heterocycles. The van der Waals surface area contributed by atoms with Gasteiger partial charge in [0.1, 0.15) is 17.1 Å². The van der Waals surface area contributed by atoms with Crippen LogP contribution in [0, 0.1) is 6.92 Å². The second-order valence-corrected chi connectivity index (χ2v) is 3.33. The number of hydrogen-bond donors (Lipinski definition) is 2. The van der Waals surface area contributed by atoms with E-state index in [1.54, 1.807) is 7.11 Å². The third kappa shape index (κ3) is 1.59. The van der Waals surface area contributed by atoms with Crippen LogP contribution in [0.2, 0.25) is 0 Å². The Morgan fingerprint density at radius 3 is 2.87 bits per heavy atom. The van der Waals surface area contributed by atoms with Gasteiger partial charge in [0.2, 0.25) is 0 Å². The highest BCUT2D eigenvalue weighted by molar-refractivity contribution is 5.86. The number of methoxy groups -OCH3 is 1. The molecule has 0 fully saturated rings. The van der Waals surface area contributed by atoms with E-state index in [1.165, 1.54) is 0 Å². The summed E-state index contributed by atoms with van der Waals surface area (Å²) in [5.41, 5.74) is 4.40. The lowest BCUT2D eigenvalue weighted by molar-refractivity contribution is 0.419. The molecule has 1 aromatic carbocycles. The Balaban J connectivity index is 2.76. The third-order valence-corrected chi connectivity index (χ3v) is 2.36. The number of aryl methyl sites for hydroxylation is 1. The molecule has 0 amide bonds. The van der Waals surface area contributed by atoms with Crippen molar-refractivity contribution in [2.24, 2.45) is 5.84 Å². The fourth-order valence-electron chi connectivity index (χ4n) is 1.59. The van der Waals surface area contributed by atoms with Crippen LogP contribution in [-0.4, -0.2) is 12.1 Å². The second kappa shape index (κ2) is 3.74. The van der Waals surface area contributed by atoms with Gasteiger partial charge in [0, 0.05) is 5.39 Å². The molecule has 0 saturated heterocycles. The van der Waals surface area contributed by atoms with Crippen molar-refractivity contribution in [2.45, 2.75) is 6.92 Å². The van der Waals surface area contributed by atoms with Crippen molar-refractivity contribution in [3.63, 3.8) is 0 Å². The number of aromatic nitrogens is 1. The van der Waals surface area contributed by atoms with E-state index in [0.717, 1.165) is 22.2 Å². The number of nitrogens with two attached hydrogens (primary N) is 1. The number of nitrogens with zero attached hydrogens (tertiary/aromatic N) is 1. The zero-order chi connectivity index (χ0) is 10.8. The molecule has 0 aliphatic rings. The minimum atomic E-state index is 0.673. The summed E-state index contributed by atoms with van der Waals surface area (Å²) in [7, 11) is 1.63. The lowest BCUT2D eigenvalue weighted by Crippen LogP contribution is -2.10. The Hall–Kier alpha value is -1.81. The molecular formula is C11H13N3O. The molecule has 3 N–H and O–H groups in total. The molecule has 0 atom stereocenters. The SMILES string of the molecule is COc1cccc2cc(C)c(NN)nc12. The van der Waals surface area contributed by atoms with Gasteiger partial charge in [0.05, 0.1) is 7.11 Å². The Morgan fingerprint density at radius 1 is 1.40 bits per heavy atom. The summed E-state index contributed by atoms with van der Waals surface area (Å²) in [5, 5.41) is 1.05. The van der Waals surface area contributed by atoms with Crippen LogP contribution in [0.25, 0.3) is 10.9 Å². The topological polar surface area (TPSA) is 60.2 Å². The monoisotopic (exact) mass is 203 g/mol. The predicted molar refractivity (Wildman–Crippen MR) is 60.8 cm³/mol. The number of pyridine rings is 1. The maximum Gasteiger partial charge on any atom is 0.145 e. The summed E-state index contributed by atoms with van der Waals surface area (Å²) in [6.07, 6.45) is 0. The van der Waals surface area contributed by atoms with Crippen LogP contribution in [-0.2, 0) is 0 Å². The lowest BCUT2D eigenvalue weighted by atomic mass is 10.1. The van der Waals surface area contributed by atoms with Gasteiger partial charge in [-0.15, -0.1) is 0 Å². The molecule has 0 radical (unpaired) electrons. The van der Waals surface area contributed by atoms with Crippen molar-refractivity contribution in [3.05, 3.63) is 29.8 Å². The average Bonchev–Trinajstić information content (AvgIpc) is 2.27. The Kier molecular flexibility index (Phi) is 2.43. The van der Waals surface area contributed by atoms with Gasteiger partial charge < -0.3 is 10.2 Å². The second-order valence-electron chi connectivity index (χ2n) is 3.33. The number of hydrazine groups is 1. The Bertz CT molecular complexity index is 496. The zero-order valence-corrected chi connectivity index (χ0v) is 8.74. The maximum atomic E-state index is 5.38. The summed E-state index contributed by atoms with van der Waals surface area (Å²) in [4.78, 5) is 4.40. The summed E-state index contributed by atoms with van der Waals surface area (Å²) in [6, 6.07) is 7.85. The van der Waals surface area contributed by atoms with Crippen LogP contribution in [0.3, 0.4) is 0 Å². The van der Waals surface area contributed by atoms with Gasteiger partial charge in [-0.3, -0.25) is 0 Å². The average molecular weight is 203 g/mol. The smallest absolute Gasteiger partial charge is 0.145 e. The van der Waals surface area contributed by atoms with E-state index < -0.39 is 0 Å². The fraction of sp³-hybridized carbons (Fsp3) is 0.182. The molecule has 78 valence electrons. The van der Waals surface area contributed by atoms with E-state index >= 15 is 0 Å². The molecule has 0 bridgehead atoms. The Morgan fingerprint density at radius 2 is 2.20 bits per heavy atom. The molecule has 0 aliphatic carbocycles. The molecule has 0 saturated carbocycles. The van der Waals surface area contributed by atoms with Crippen molar-refractivity contribution in [3.8, 4) is 5.75 Å². The van der Waals surface area contributed by atoms with Crippen LogP contribution in [0.15, 0.2) is 24.3 Å². The van der Waals surface area contributed by atoms with Gasteiger partial charge in [-0.05, 0) is 24.6 Å². The highest BCUT2D eigenvalue weighted by Gasteiger charge is 2.05. The van der Waals surface area contributed by atoms with Crippen LogP contribution >= 0.6 is 0 Å². The van der Waals surface area contributed by atoms with E-state index in [0.29, 0.717) is 5.82 Å². The molecule has 0 aliphatic heterocycles. The number of nitrogen functional groups attached to an aromatic ring is 1. The van der Waals surface area contributed by atoms with Crippen molar-refractivity contribution < 1.29 is 4.74 Å².